The third-order valence-electron chi connectivity index (χ3n) is 3.21. The van der Waals surface area contributed by atoms with Crippen LogP contribution in [0.15, 0.2) is 24.3 Å². The summed E-state index contributed by atoms with van der Waals surface area (Å²) < 4.78 is 0. The van der Waals surface area contributed by atoms with Gasteiger partial charge in [0.15, 0.2) is 0 Å². The first-order valence-corrected chi connectivity index (χ1v) is 6.09. The SMILES string of the molecule is O=C1[CH]CC(=O)N1c1ccccc1N1C(=O)[CH]CC1=O. The topological polar surface area (TPSA) is 74.8 Å². The van der Waals surface area contributed by atoms with Crippen LogP contribution in [0.5, 0.6) is 0 Å². The highest BCUT2D eigenvalue weighted by atomic mass is 16.2. The molecule has 1 aromatic carbocycles. The standard InChI is InChI=1S/C14H10N2O4/c17-11-5-6-12(18)15(11)9-3-1-2-4-10(9)16-13(19)7-8-14(16)20/h1-5,7H,6,8H2. The highest BCUT2D eigenvalue weighted by Crippen LogP contribution is 2.34. The van der Waals surface area contributed by atoms with E-state index in [4.69, 9.17) is 0 Å². The minimum absolute atomic E-state index is 0.0290. The highest BCUT2D eigenvalue weighted by molar-refractivity contribution is 6.29. The summed E-state index contributed by atoms with van der Waals surface area (Å²) in [6, 6.07) is 6.38. The summed E-state index contributed by atoms with van der Waals surface area (Å²) in [6.07, 6.45) is 2.61. The Kier molecular flexibility index (Phi) is 2.85. The quantitative estimate of drug-likeness (QED) is 0.738. The van der Waals surface area contributed by atoms with Crippen LogP contribution in [0.1, 0.15) is 12.8 Å². The van der Waals surface area contributed by atoms with Crippen molar-refractivity contribution in [1.29, 1.82) is 0 Å². The van der Waals surface area contributed by atoms with Gasteiger partial charge in [-0.1, -0.05) is 12.1 Å². The molecule has 0 atom stereocenters. The molecular formula is C14H10N2O4. The molecule has 2 saturated heterocycles. The first-order valence-electron chi connectivity index (χ1n) is 6.09. The third kappa shape index (κ3) is 1.80. The van der Waals surface area contributed by atoms with Crippen molar-refractivity contribution in [2.24, 2.45) is 0 Å². The van der Waals surface area contributed by atoms with Gasteiger partial charge >= 0.3 is 0 Å². The Morgan fingerprint density at radius 2 is 1.10 bits per heavy atom. The van der Waals surface area contributed by atoms with E-state index in [0.29, 0.717) is 0 Å². The average molecular weight is 270 g/mol. The molecule has 2 aliphatic rings. The van der Waals surface area contributed by atoms with Crippen LogP contribution in [-0.4, -0.2) is 23.6 Å². The third-order valence-corrected chi connectivity index (χ3v) is 3.21. The van der Waals surface area contributed by atoms with E-state index in [-0.39, 0.29) is 36.0 Å². The Morgan fingerprint density at radius 1 is 0.700 bits per heavy atom. The second-order valence-electron chi connectivity index (χ2n) is 4.44. The first-order chi connectivity index (χ1) is 9.59. The fraction of sp³-hybridized carbons (Fsp3) is 0.143. The Balaban J connectivity index is 2.09. The van der Waals surface area contributed by atoms with Crippen LogP contribution in [0.25, 0.3) is 0 Å². The lowest BCUT2D eigenvalue weighted by atomic mass is 10.2. The molecule has 100 valence electrons. The smallest absolute Gasteiger partial charge is 0.238 e. The molecule has 6 nitrogen and oxygen atoms in total. The van der Waals surface area contributed by atoms with Gasteiger partial charge in [-0.2, -0.15) is 0 Å². The van der Waals surface area contributed by atoms with Crippen molar-refractivity contribution < 1.29 is 19.2 Å². The molecule has 2 radical (unpaired) electrons. The van der Waals surface area contributed by atoms with E-state index in [1.807, 2.05) is 0 Å². The molecule has 6 heteroatoms. The van der Waals surface area contributed by atoms with E-state index >= 15 is 0 Å². The summed E-state index contributed by atoms with van der Waals surface area (Å²) in [7, 11) is 0. The van der Waals surface area contributed by atoms with Gasteiger partial charge in [-0.15, -0.1) is 0 Å². The van der Waals surface area contributed by atoms with Crippen molar-refractivity contribution in [3.05, 3.63) is 37.1 Å². The summed E-state index contributed by atoms with van der Waals surface area (Å²) in [5.41, 5.74) is 0.515. The van der Waals surface area contributed by atoms with Crippen LogP contribution in [0.3, 0.4) is 0 Å². The van der Waals surface area contributed by atoms with Crippen LogP contribution >= 0.6 is 0 Å². The van der Waals surface area contributed by atoms with Crippen molar-refractivity contribution in [2.45, 2.75) is 12.8 Å². The monoisotopic (exact) mass is 270 g/mol. The lowest BCUT2D eigenvalue weighted by molar-refractivity contribution is -0.122. The fourth-order valence-corrected chi connectivity index (χ4v) is 2.31. The van der Waals surface area contributed by atoms with E-state index in [1.54, 1.807) is 24.3 Å². The van der Waals surface area contributed by atoms with Crippen molar-refractivity contribution in [1.82, 2.24) is 0 Å². The molecule has 3 rings (SSSR count). The maximum Gasteiger partial charge on any atom is 0.238 e. The predicted molar refractivity (Wildman–Crippen MR) is 69.3 cm³/mol. The van der Waals surface area contributed by atoms with Gasteiger partial charge < -0.3 is 0 Å². The minimum atomic E-state index is -0.439. The molecule has 0 N–H and O–H groups in total. The van der Waals surface area contributed by atoms with Gasteiger partial charge in [0, 0.05) is 12.8 Å². The number of para-hydroxylation sites is 2. The Morgan fingerprint density at radius 3 is 1.40 bits per heavy atom. The van der Waals surface area contributed by atoms with Crippen LogP contribution in [0.4, 0.5) is 11.4 Å². The van der Waals surface area contributed by atoms with Gasteiger partial charge in [0.1, 0.15) is 0 Å². The Labute approximate surface area is 115 Å². The number of carbonyl (C=O) groups excluding carboxylic acids is 4. The number of carbonyl (C=O) groups is 4. The number of hydrogen-bond donors (Lipinski definition) is 0. The van der Waals surface area contributed by atoms with Crippen molar-refractivity contribution in [2.75, 3.05) is 9.80 Å². The number of imide groups is 2. The van der Waals surface area contributed by atoms with Crippen molar-refractivity contribution >= 4 is 35.0 Å². The summed E-state index contributed by atoms with van der Waals surface area (Å²) in [5, 5.41) is 0. The Bertz CT molecular complexity index is 551. The van der Waals surface area contributed by atoms with Gasteiger partial charge in [-0.25, -0.2) is 9.80 Å². The van der Waals surface area contributed by atoms with E-state index in [2.05, 4.69) is 0 Å². The summed E-state index contributed by atoms with van der Waals surface area (Å²) in [5.74, 6) is -1.62. The first kappa shape index (κ1) is 12.5. The van der Waals surface area contributed by atoms with Crippen molar-refractivity contribution in [3.8, 4) is 0 Å². The molecule has 2 heterocycles. The molecule has 0 saturated carbocycles. The summed E-state index contributed by atoms with van der Waals surface area (Å²) >= 11 is 0. The van der Waals surface area contributed by atoms with Crippen LogP contribution in [0.2, 0.25) is 0 Å². The number of hydrogen-bond acceptors (Lipinski definition) is 4. The molecule has 0 spiro atoms. The summed E-state index contributed by atoms with van der Waals surface area (Å²) in [4.78, 5) is 49.1. The maximum absolute atomic E-state index is 11.8. The zero-order valence-corrected chi connectivity index (χ0v) is 10.4. The molecule has 2 aliphatic heterocycles. The van der Waals surface area contributed by atoms with Gasteiger partial charge in [-0.3, -0.25) is 19.2 Å². The van der Waals surface area contributed by atoms with E-state index in [1.165, 1.54) is 12.8 Å². The minimum Gasteiger partial charge on any atom is -0.274 e. The second-order valence-corrected chi connectivity index (χ2v) is 4.44. The number of anilines is 2. The lowest BCUT2D eigenvalue weighted by Gasteiger charge is -2.22. The number of rotatable bonds is 2. The van der Waals surface area contributed by atoms with Gasteiger partial charge in [0.2, 0.25) is 23.6 Å². The van der Waals surface area contributed by atoms with Crippen LogP contribution in [-0.2, 0) is 19.2 Å². The van der Waals surface area contributed by atoms with Gasteiger partial charge in [0.05, 0.1) is 24.2 Å². The maximum atomic E-state index is 11.8. The van der Waals surface area contributed by atoms with E-state index in [0.717, 1.165) is 9.80 Å². The molecule has 20 heavy (non-hydrogen) atoms. The van der Waals surface area contributed by atoms with Gasteiger partial charge in [0.25, 0.3) is 0 Å². The molecule has 2 fully saturated rings. The number of benzene rings is 1. The molecule has 4 amide bonds. The lowest BCUT2D eigenvalue weighted by Crippen LogP contribution is -2.34. The molecule has 0 unspecified atom stereocenters. The average Bonchev–Trinajstić information content (AvgIpc) is 2.93. The van der Waals surface area contributed by atoms with Crippen LogP contribution < -0.4 is 9.80 Å². The molecule has 1 aromatic rings. The normalized spacial score (nSPS) is 19.4. The summed E-state index contributed by atoms with van der Waals surface area (Å²) in [6.45, 7) is 0. The van der Waals surface area contributed by atoms with E-state index < -0.39 is 11.8 Å². The molecule has 0 bridgehead atoms. The predicted octanol–water partition coefficient (Wildman–Crippen LogP) is 0.622. The largest absolute Gasteiger partial charge is 0.274 e. The van der Waals surface area contributed by atoms with Crippen molar-refractivity contribution in [3.63, 3.8) is 0 Å². The molecule has 0 aromatic heterocycles. The van der Waals surface area contributed by atoms with Gasteiger partial charge in [-0.05, 0) is 12.1 Å². The number of nitrogens with zero attached hydrogens (tertiary/aromatic N) is 2. The highest BCUT2D eigenvalue weighted by Gasteiger charge is 2.37. The van der Waals surface area contributed by atoms with Crippen LogP contribution in [0, 0.1) is 12.8 Å². The zero-order chi connectivity index (χ0) is 14.3. The molecular weight excluding hydrogens is 260 g/mol. The molecule has 0 aliphatic carbocycles. The Hall–Kier alpha value is -2.50. The fourth-order valence-electron chi connectivity index (χ4n) is 2.31. The second kappa shape index (κ2) is 4.56. The number of amides is 4. The zero-order valence-electron chi connectivity index (χ0n) is 10.4. The van der Waals surface area contributed by atoms with E-state index in [9.17, 15) is 19.2 Å².